The maximum Gasteiger partial charge on any atom is 0.414 e. The summed E-state index contributed by atoms with van der Waals surface area (Å²) in [6, 6.07) is 5.43. The fourth-order valence-electron chi connectivity index (χ4n) is 4.23. The molecule has 0 spiro atoms. The Morgan fingerprint density at radius 3 is 2.58 bits per heavy atom. The molecular weight excluding hydrogens is 518 g/mol. The lowest BCUT2D eigenvalue weighted by atomic mass is 9.85. The number of carbonyl (C=O) groups is 2. The number of aliphatic imine (C=N–C) groups is 1. The molecule has 0 unspecified atom stereocenters. The summed E-state index contributed by atoms with van der Waals surface area (Å²) >= 11 is 6.30. The number of imidazole rings is 1. The molecule has 4 rings (SSSR count). The molecule has 1 aliphatic rings. The first kappa shape index (κ1) is 27.3. The molecule has 2 aromatic carbocycles. The van der Waals surface area contributed by atoms with Crippen molar-refractivity contribution in [3.8, 4) is 11.1 Å². The summed E-state index contributed by atoms with van der Waals surface area (Å²) in [7, 11) is 4.99. The van der Waals surface area contributed by atoms with E-state index < -0.39 is 34.8 Å². The number of halogens is 3. The van der Waals surface area contributed by atoms with Crippen LogP contribution in [0.5, 0.6) is 0 Å². The predicted molar refractivity (Wildman–Crippen MR) is 142 cm³/mol. The number of anilines is 1. The molecule has 9 nitrogen and oxygen atoms in total. The molecule has 0 saturated heterocycles. The topological polar surface area (TPSA) is 103 Å². The first-order valence-electron chi connectivity index (χ1n) is 11.8. The Labute approximate surface area is 223 Å². The molecule has 202 valence electrons. The van der Waals surface area contributed by atoms with Crippen LogP contribution >= 0.6 is 11.6 Å². The third-order valence-electron chi connectivity index (χ3n) is 6.06. The molecule has 1 aromatic heterocycles. The van der Waals surface area contributed by atoms with Crippen LogP contribution in [0.1, 0.15) is 39.7 Å². The molecule has 38 heavy (non-hydrogen) atoms. The quantitative estimate of drug-likeness (QED) is 0.471. The molecule has 0 fully saturated rings. The largest absolute Gasteiger partial charge is 0.444 e. The number of hydrogen-bond acceptors (Lipinski definition) is 6. The van der Waals surface area contributed by atoms with Gasteiger partial charge < -0.3 is 14.6 Å². The molecule has 2 heterocycles. The Morgan fingerprint density at radius 2 is 1.95 bits per heavy atom. The Bertz CT molecular complexity index is 1480. The monoisotopic (exact) mass is 546 g/mol. The molecule has 2 N–H and O–H groups in total. The number of guanidine groups is 1. The number of H-pyrrole nitrogens is 1. The van der Waals surface area contributed by atoms with Crippen molar-refractivity contribution in [3.05, 3.63) is 46.5 Å². The summed E-state index contributed by atoms with van der Waals surface area (Å²) in [5, 5.41) is 2.72. The van der Waals surface area contributed by atoms with E-state index in [0.29, 0.717) is 17.0 Å². The van der Waals surface area contributed by atoms with E-state index in [1.165, 1.54) is 19.2 Å². The summed E-state index contributed by atoms with van der Waals surface area (Å²) in [6.45, 7) is 6.62. The van der Waals surface area contributed by atoms with Crippen molar-refractivity contribution < 1.29 is 23.1 Å². The van der Waals surface area contributed by atoms with Crippen LogP contribution in [-0.4, -0.2) is 59.6 Å². The Kier molecular flexibility index (Phi) is 6.85. The highest BCUT2D eigenvalue weighted by Crippen LogP contribution is 2.41. The van der Waals surface area contributed by atoms with Gasteiger partial charge in [0.05, 0.1) is 28.6 Å². The lowest BCUT2D eigenvalue weighted by Gasteiger charge is -2.35. The summed E-state index contributed by atoms with van der Waals surface area (Å²) in [5.74, 6) is -1.80. The lowest BCUT2D eigenvalue weighted by molar-refractivity contribution is -0.128. The number of ether oxygens (including phenoxy) is 1. The molecule has 0 aliphatic carbocycles. The molecule has 12 heteroatoms. The van der Waals surface area contributed by atoms with Gasteiger partial charge in [-0.15, -0.1) is 0 Å². The zero-order valence-corrected chi connectivity index (χ0v) is 22.9. The van der Waals surface area contributed by atoms with Crippen LogP contribution in [0.2, 0.25) is 5.02 Å². The number of hydrogen-bond donors (Lipinski definition) is 2. The fraction of sp³-hybridized carbons (Fsp3) is 0.385. The molecule has 1 atom stereocenters. The number of alkyl carbamates (subject to hydrolysis) is 1. The Balaban J connectivity index is 1.86. The number of nitrogens with zero attached hydrogens (tertiary/aromatic N) is 4. The van der Waals surface area contributed by atoms with Gasteiger partial charge in [0.15, 0.2) is 0 Å². The Hall–Kier alpha value is -3.73. The van der Waals surface area contributed by atoms with Crippen molar-refractivity contribution in [2.24, 2.45) is 4.99 Å². The van der Waals surface area contributed by atoms with Gasteiger partial charge in [0.2, 0.25) is 17.8 Å². The van der Waals surface area contributed by atoms with Gasteiger partial charge >= 0.3 is 6.09 Å². The lowest BCUT2D eigenvalue weighted by Crippen LogP contribution is -2.52. The molecule has 0 bridgehead atoms. The van der Waals surface area contributed by atoms with Gasteiger partial charge in [-0.05, 0) is 45.9 Å². The van der Waals surface area contributed by atoms with Gasteiger partial charge in [-0.2, -0.15) is 0 Å². The number of fused-ring (bicyclic) bond motifs is 1. The van der Waals surface area contributed by atoms with Crippen molar-refractivity contribution in [2.45, 2.75) is 45.3 Å². The van der Waals surface area contributed by atoms with Gasteiger partial charge in [0.1, 0.15) is 17.2 Å². The second-order valence-electron chi connectivity index (χ2n) is 10.6. The minimum atomic E-state index is -1.46. The van der Waals surface area contributed by atoms with E-state index in [1.807, 2.05) is 0 Å². The molecule has 2 amide bonds. The van der Waals surface area contributed by atoms with E-state index in [0.717, 1.165) is 11.0 Å². The minimum absolute atomic E-state index is 0.0321. The van der Waals surface area contributed by atoms with E-state index in [-0.39, 0.29) is 34.1 Å². The SMILES string of the molecule is CN1C(=O)C[C@@](C)(c2ccc(F)c(-c3cc(Cl)cc4[nH]c(N(C)C)nc34)c2F)N=C1NC(=O)OC(C)(C)C. The van der Waals surface area contributed by atoms with Crippen molar-refractivity contribution in [2.75, 3.05) is 26.0 Å². The average Bonchev–Trinajstić information content (AvgIpc) is 3.20. The zero-order chi connectivity index (χ0) is 28.2. The summed E-state index contributed by atoms with van der Waals surface area (Å²) in [4.78, 5) is 40.2. The fourth-order valence-corrected chi connectivity index (χ4v) is 4.45. The standard InChI is InChI=1S/C26H29ClF2N6O3/c1-25(2,3)38-24(37)32-23-33-26(4,12-18(36)35(23)7)15-8-9-16(28)19(20(15)29)14-10-13(27)11-17-21(14)31-22(30-17)34(5)6/h8-11H,12H2,1-7H3,(H,30,31)(H,32,33,37)/t26-/m0/s1. The predicted octanol–water partition coefficient (Wildman–Crippen LogP) is 5.19. The summed E-state index contributed by atoms with van der Waals surface area (Å²) in [5.41, 5.74) is -1.65. The van der Waals surface area contributed by atoms with Crippen molar-refractivity contribution in [3.63, 3.8) is 0 Å². The second kappa shape index (κ2) is 9.54. The summed E-state index contributed by atoms with van der Waals surface area (Å²) < 4.78 is 36.8. The number of aromatic amines is 1. The number of benzene rings is 2. The van der Waals surface area contributed by atoms with Crippen molar-refractivity contribution in [1.29, 1.82) is 0 Å². The zero-order valence-electron chi connectivity index (χ0n) is 22.2. The van der Waals surface area contributed by atoms with Gasteiger partial charge in [0.25, 0.3) is 0 Å². The third kappa shape index (κ3) is 5.15. The van der Waals surface area contributed by atoms with Crippen LogP contribution in [-0.2, 0) is 15.1 Å². The van der Waals surface area contributed by atoms with Gasteiger partial charge in [-0.1, -0.05) is 17.7 Å². The highest BCUT2D eigenvalue weighted by atomic mass is 35.5. The molecule has 1 aliphatic heterocycles. The minimum Gasteiger partial charge on any atom is -0.444 e. The number of rotatable bonds is 3. The van der Waals surface area contributed by atoms with E-state index >= 15 is 8.78 Å². The maximum absolute atomic E-state index is 16.3. The first-order valence-corrected chi connectivity index (χ1v) is 12.2. The highest BCUT2D eigenvalue weighted by molar-refractivity contribution is 6.31. The van der Waals surface area contributed by atoms with Crippen LogP contribution in [0.4, 0.5) is 19.5 Å². The number of carbonyl (C=O) groups excluding carboxylic acids is 2. The second-order valence-corrected chi connectivity index (χ2v) is 11.0. The van der Waals surface area contributed by atoms with Crippen LogP contribution in [0.3, 0.4) is 0 Å². The smallest absolute Gasteiger partial charge is 0.414 e. The van der Waals surface area contributed by atoms with Gasteiger partial charge in [-0.25, -0.2) is 23.6 Å². The molecule has 3 aromatic rings. The van der Waals surface area contributed by atoms with E-state index in [2.05, 4.69) is 20.3 Å². The van der Waals surface area contributed by atoms with Crippen LogP contribution in [0, 0.1) is 11.6 Å². The summed E-state index contributed by atoms with van der Waals surface area (Å²) in [6.07, 6.45) is -1.04. The third-order valence-corrected chi connectivity index (χ3v) is 6.27. The maximum atomic E-state index is 16.3. The Morgan fingerprint density at radius 1 is 1.26 bits per heavy atom. The van der Waals surface area contributed by atoms with Crippen molar-refractivity contribution >= 4 is 46.5 Å². The normalized spacial score (nSPS) is 18.0. The molecular formula is C26H29ClF2N6O3. The van der Waals surface area contributed by atoms with Gasteiger partial charge in [-0.3, -0.25) is 15.0 Å². The van der Waals surface area contributed by atoms with Gasteiger partial charge in [0, 0.05) is 37.3 Å². The van der Waals surface area contributed by atoms with Crippen LogP contribution in [0.15, 0.2) is 29.3 Å². The number of aromatic nitrogens is 2. The van der Waals surface area contributed by atoms with Crippen molar-refractivity contribution in [1.82, 2.24) is 20.2 Å². The van der Waals surface area contributed by atoms with E-state index in [4.69, 9.17) is 16.3 Å². The number of amides is 2. The van der Waals surface area contributed by atoms with E-state index in [9.17, 15) is 9.59 Å². The van der Waals surface area contributed by atoms with E-state index in [1.54, 1.807) is 52.8 Å². The number of nitrogens with one attached hydrogen (secondary N) is 2. The molecule has 0 saturated carbocycles. The van der Waals surface area contributed by atoms with Crippen LogP contribution in [0.25, 0.3) is 22.2 Å². The van der Waals surface area contributed by atoms with Crippen LogP contribution < -0.4 is 10.2 Å². The average molecular weight is 547 g/mol. The molecule has 0 radical (unpaired) electrons. The highest BCUT2D eigenvalue weighted by Gasteiger charge is 2.40. The first-order chi connectivity index (χ1) is 17.6.